The Morgan fingerprint density at radius 2 is 2.00 bits per heavy atom. The molecule has 0 aromatic carbocycles. The molecule has 0 saturated heterocycles. The molecule has 0 spiro atoms. The van der Waals surface area contributed by atoms with Crippen molar-refractivity contribution >= 4 is 5.97 Å². The fraction of sp³-hybridized carbons (Fsp3) is 0.909. The molecule has 1 N–H and O–H groups in total. The van der Waals surface area contributed by atoms with E-state index >= 15 is 0 Å². The second-order valence-electron chi connectivity index (χ2n) is 4.10. The fourth-order valence-corrected chi connectivity index (χ4v) is 1.34. The number of ether oxygens (including phenoxy) is 2. The van der Waals surface area contributed by atoms with Crippen LogP contribution in [-0.2, 0) is 14.3 Å². The highest BCUT2D eigenvalue weighted by molar-refractivity contribution is 5.71. The zero-order valence-corrected chi connectivity index (χ0v) is 10.2. The molecule has 0 amide bonds. The summed E-state index contributed by atoms with van der Waals surface area (Å²) >= 11 is 0. The summed E-state index contributed by atoms with van der Waals surface area (Å²) in [5.41, 5.74) is 0. The molecule has 0 saturated carbocycles. The molecular formula is C11H23NO3. The molecule has 4 nitrogen and oxygen atoms in total. The van der Waals surface area contributed by atoms with E-state index in [1.807, 2.05) is 6.92 Å². The summed E-state index contributed by atoms with van der Waals surface area (Å²) in [6.45, 7) is 7.68. The van der Waals surface area contributed by atoms with Crippen LogP contribution in [0.15, 0.2) is 0 Å². The number of methoxy groups -OCH3 is 1. The third-order valence-electron chi connectivity index (χ3n) is 1.89. The standard InChI is InChI=1S/C11H23NO3/c1-9(2)7-10(3)15-11(13)8-12-5-6-14-4/h9-10,12H,5-8H2,1-4H3. The number of nitrogens with one attached hydrogen (secondary N) is 1. The number of hydrogen-bond acceptors (Lipinski definition) is 4. The van der Waals surface area contributed by atoms with Crippen LogP contribution in [0.5, 0.6) is 0 Å². The Morgan fingerprint density at radius 3 is 2.53 bits per heavy atom. The van der Waals surface area contributed by atoms with Gasteiger partial charge >= 0.3 is 5.97 Å². The van der Waals surface area contributed by atoms with E-state index in [9.17, 15) is 4.79 Å². The lowest BCUT2D eigenvalue weighted by Crippen LogP contribution is -2.30. The van der Waals surface area contributed by atoms with Crippen molar-refractivity contribution in [3.8, 4) is 0 Å². The maximum atomic E-state index is 11.3. The highest BCUT2D eigenvalue weighted by Crippen LogP contribution is 2.07. The van der Waals surface area contributed by atoms with Crippen molar-refractivity contribution in [1.29, 1.82) is 0 Å². The lowest BCUT2D eigenvalue weighted by atomic mass is 10.1. The van der Waals surface area contributed by atoms with Crippen LogP contribution in [0, 0.1) is 5.92 Å². The van der Waals surface area contributed by atoms with E-state index in [-0.39, 0.29) is 18.6 Å². The van der Waals surface area contributed by atoms with E-state index in [0.29, 0.717) is 19.1 Å². The van der Waals surface area contributed by atoms with Crippen molar-refractivity contribution < 1.29 is 14.3 Å². The first kappa shape index (κ1) is 14.4. The molecule has 4 heteroatoms. The highest BCUT2D eigenvalue weighted by atomic mass is 16.5. The lowest BCUT2D eigenvalue weighted by Gasteiger charge is -2.15. The van der Waals surface area contributed by atoms with Crippen molar-refractivity contribution in [2.24, 2.45) is 5.92 Å². The van der Waals surface area contributed by atoms with Gasteiger partial charge in [0.2, 0.25) is 0 Å². The summed E-state index contributed by atoms with van der Waals surface area (Å²) in [6, 6.07) is 0. The van der Waals surface area contributed by atoms with Crippen LogP contribution in [0.3, 0.4) is 0 Å². The third kappa shape index (κ3) is 9.69. The monoisotopic (exact) mass is 217 g/mol. The van der Waals surface area contributed by atoms with Crippen LogP contribution in [0.4, 0.5) is 0 Å². The molecule has 0 fully saturated rings. The number of esters is 1. The summed E-state index contributed by atoms with van der Waals surface area (Å²) < 4.78 is 10.0. The van der Waals surface area contributed by atoms with Gasteiger partial charge in [0.1, 0.15) is 0 Å². The molecular weight excluding hydrogens is 194 g/mol. The zero-order chi connectivity index (χ0) is 11.7. The molecule has 0 aliphatic rings. The predicted octanol–water partition coefficient (Wildman–Crippen LogP) is 1.20. The van der Waals surface area contributed by atoms with E-state index in [2.05, 4.69) is 19.2 Å². The number of carbonyl (C=O) groups excluding carboxylic acids is 1. The second-order valence-corrected chi connectivity index (χ2v) is 4.10. The van der Waals surface area contributed by atoms with Crippen LogP contribution in [0.2, 0.25) is 0 Å². The first-order valence-electron chi connectivity index (χ1n) is 5.45. The molecule has 1 atom stereocenters. The van der Waals surface area contributed by atoms with E-state index in [1.165, 1.54) is 0 Å². The normalized spacial score (nSPS) is 12.9. The zero-order valence-electron chi connectivity index (χ0n) is 10.2. The largest absolute Gasteiger partial charge is 0.462 e. The average Bonchev–Trinajstić information content (AvgIpc) is 2.10. The molecule has 90 valence electrons. The molecule has 0 bridgehead atoms. The van der Waals surface area contributed by atoms with Gasteiger partial charge in [0, 0.05) is 13.7 Å². The second kappa shape index (κ2) is 8.68. The van der Waals surface area contributed by atoms with Crippen molar-refractivity contribution in [3.63, 3.8) is 0 Å². The van der Waals surface area contributed by atoms with Gasteiger partial charge in [0.05, 0.1) is 19.3 Å². The van der Waals surface area contributed by atoms with E-state index < -0.39 is 0 Å². The molecule has 15 heavy (non-hydrogen) atoms. The highest BCUT2D eigenvalue weighted by Gasteiger charge is 2.10. The SMILES string of the molecule is COCCNCC(=O)OC(C)CC(C)C. The number of rotatable bonds is 8. The van der Waals surface area contributed by atoms with Gasteiger partial charge in [-0.3, -0.25) is 4.79 Å². The average molecular weight is 217 g/mol. The van der Waals surface area contributed by atoms with Gasteiger partial charge in [-0.05, 0) is 19.3 Å². The topological polar surface area (TPSA) is 47.6 Å². The number of hydrogen-bond donors (Lipinski definition) is 1. The van der Waals surface area contributed by atoms with Gasteiger partial charge in [-0.1, -0.05) is 13.8 Å². The Labute approximate surface area is 92.3 Å². The molecule has 0 aromatic rings. The van der Waals surface area contributed by atoms with Crippen molar-refractivity contribution in [1.82, 2.24) is 5.32 Å². The smallest absolute Gasteiger partial charge is 0.320 e. The van der Waals surface area contributed by atoms with Gasteiger partial charge in [-0.15, -0.1) is 0 Å². The third-order valence-corrected chi connectivity index (χ3v) is 1.89. The fourth-order valence-electron chi connectivity index (χ4n) is 1.34. The summed E-state index contributed by atoms with van der Waals surface area (Å²) in [6.07, 6.45) is 0.908. The van der Waals surface area contributed by atoms with Gasteiger partial charge in [0.25, 0.3) is 0 Å². The molecule has 1 unspecified atom stereocenters. The van der Waals surface area contributed by atoms with Crippen LogP contribution >= 0.6 is 0 Å². The minimum absolute atomic E-state index is 0.00160. The molecule has 0 rings (SSSR count). The maximum Gasteiger partial charge on any atom is 0.320 e. The van der Waals surface area contributed by atoms with E-state index in [1.54, 1.807) is 7.11 Å². The van der Waals surface area contributed by atoms with E-state index in [0.717, 1.165) is 6.42 Å². The van der Waals surface area contributed by atoms with Crippen LogP contribution in [-0.4, -0.2) is 38.9 Å². The van der Waals surface area contributed by atoms with Gasteiger partial charge in [-0.25, -0.2) is 0 Å². The molecule has 0 aliphatic heterocycles. The Hall–Kier alpha value is -0.610. The quantitative estimate of drug-likeness (QED) is 0.490. The summed E-state index contributed by atoms with van der Waals surface area (Å²) in [4.78, 5) is 11.3. The van der Waals surface area contributed by atoms with Crippen molar-refractivity contribution in [3.05, 3.63) is 0 Å². The molecule has 0 heterocycles. The van der Waals surface area contributed by atoms with Gasteiger partial charge in [-0.2, -0.15) is 0 Å². The van der Waals surface area contributed by atoms with Crippen LogP contribution < -0.4 is 5.32 Å². The minimum Gasteiger partial charge on any atom is -0.462 e. The first-order valence-corrected chi connectivity index (χ1v) is 5.45. The van der Waals surface area contributed by atoms with E-state index in [4.69, 9.17) is 9.47 Å². The summed E-state index contributed by atoms with van der Waals surface area (Å²) in [7, 11) is 1.63. The summed E-state index contributed by atoms with van der Waals surface area (Å²) in [5.74, 6) is 0.355. The molecule has 0 aliphatic carbocycles. The first-order chi connectivity index (χ1) is 7.06. The van der Waals surface area contributed by atoms with Gasteiger partial charge in [0.15, 0.2) is 0 Å². The Balaban J connectivity index is 3.47. The van der Waals surface area contributed by atoms with Crippen molar-refractivity contribution in [2.75, 3.05) is 26.8 Å². The molecule has 0 radical (unpaired) electrons. The molecule has 0 aromatic heterocycles. The van der Waals surface area contributed by atoms with Crippen LogP contribution in [0.1, 0.15) is 27.2 Å². The summed E-state index contributed by atoms with van der Waals surface area (Å²) in [5, 5.41) is 2.95. The number of carbonyl (C=O) groups is 1. The Kier molecular flexibility index (Phi) is 8.33. The van der Waals surface area contributed by atoms with Crippen LogP contribution in [0.25, 0.3) is 0 Å². The van der Waals surface area contributed by atoms with Gasteiger partial charge < -0.3 is 14.8 Å². The lowest BCUT2D eigenvalue weighted by molar-refractivity contribution is -0.147. The Bertz CT molecular complexity index is 171. The predicted molar refractivity (Wildman–Crippen MR) is 59.8 cm³/mol. The van der Waals surface area contributed by atoms with Crippen molar-refractivity contribution in [2.45, 2.75) is 33.3 Å². The Morgan fingerprint density at radius 1 is 1.33 bits per heavy atom. The minimum atomic E-state index is -0.195. The maximum absolute atomic E-state index is 11.3.